The maximum absolute atomic E-state index is 13.1. The predicted molar refractivity (Wildman–Crippen MR) is 176 cm³/mol. The van der Waals surface area contributed by atoms with Crippen LogP contribution in [-0.4, -0.2) is 89.9 Å². The van der Waals surface area contributed by atoms with Gasteiger partial charge in [0, 0.05) is 55.4 Å². The summed E-state index contributed by atoms with van der Waals surface area (Å²) >= 11 is 0. The first-order valence-electron chi connectivity index (χ1n) is 16.2. The number of carbonyl (C=O) groups is 1. The van der Waals surface area contributed by atoms with E-state index in [1.165, 1.54) is 34.9 Å². The second-order valence-corrected chi connectivity index (χ2v) is 13.6. The van der Waals surface area contributed by atoms with Crippen LogP contribution in [-0.2, 0) is 17.7 Å². The van der Waals surface area contributed by atoms with Crippen LogP contribution in [0, 0.1) is 18.3 Å². The van der Waals surface area contributed by atoms with Gasteiger partial charge < -0.3 is 29.1 Å². The zero-order chi connectivity index (χ0) is 31.7. The average molecular weight is 612 g/mol. The van der Waals surface area contributed by atoms with Crippen molar-refractivity contribution in [1.82, 2.24) is 19.8 Å². The van der Waals surface area contributed by atoms with Gasteiger partial charge in [0.2, 0.25) is 0 Å². The van der Waals surface area contributed by atoms with E-state index in [0.717, 1.165) is 36.6 Å². The van der Waals surface area contributed by atoms with Crippen LogP contribution >= 0.6 is 0 Å². The average Bonchev–Trinajstić information content (AvgIpc) is 3.85. The zero-order valence-corrected chi connectivity index (χ0v) is 27.3. The van der Waals surface area contributed by atoms with Crippen LogP contribution in [0.5, 0.6) is 6.01 Å². The number of aryl methyl sites for hydroxylation is 1. The first-order valence-corrected chi connectivity index (χ1v) is 16.2. The topological polar surface area (TPSA) is 98.1 Å². The van der Waals surface area contributed by atoms with Crippen molar-refractivity contribution in [2.75, 3.05) is 56.2 Å². The van der Waals surface area contributed by atoms with Crippen LogP contribution in [0.15, 0.2) is 36.4 Å². The Morgan fingerprint density at radius 1 is 1.09 bits per heavy atom. The number of benzene rings is 2. The molecule has 10 heteroatoms. The lowest BCUT2D eigenvalue weighted by Gasteiger charge is -2.42. The lowest BCUT2D eigenvalue weighted by atomic mass is 9.99. The summed E-state index contributed by atoms with van der Waals surface area (Å²) < 4.78 is 11.9. The van der Waals surface area contributed by atoms with E-state index in [-0.39, 0.29) is 18.6 Å². The van der Waals surface area contributed by atoms with Gasteiger partial charge in [-0.3, -0.25) is 0 Å². The highest BCUT2D eigenvalue weighted by molar-refractivity contribution is 5.97. The molecule has 0 radical (unpaired) electrons. The minimum atomic E-state index is -0.606. The monoisotopic (exact) mass is 611 g/mol. The molecule has 3 aromatic rings. The largest absolute Gasteiger partial charge is 0.462 e. The number of hydrogen-bond acceptors (Lipinski definition) is 9. The SMILES string of the molecule is Cc1cccc2cccc(N3CCc4c(nc(OCCN(C)C5CC5)nc4N4CCN(C(=O)OC(C)(C)C)C(CC#N)C4)C3)c12. The Bertz CT molecular complexity index is 1590. The number of piperazine rings is 1. The molecule has 3 aliphatic rings. The van der Waals surface area contributed by atoms with Crippen molar-refractivity contribution < 1.29 is 14.3 Å². The van der Waals surface area contributed by atoms with Gasteiger partial charge in [-0.2, -0.15) is 15.2 Å². The van der Waals surface area contributed by atoms with Crippen molar-refractivity contribution >= 4 is 28.4 Å². The van der Waals surface area contributed by atoms with E-state index in [1.807, 2.05) is 20.8 Å². The second kappa shape index (κ2) is 12.7. The summed E-state index contributed by atoms with van der Waals surface area (Å²) in [6, 6.07) is 16.0. The molecule has 2 aromatic carbocycles. The van der Waals surface area contributed by atoms with Gasteiger partial charge in [-0.15, -0.1) is 0 Å². The molecule has 0 spiro atoms. The molecular formula is C35H45N7O3. The molecule has 2 fully saturated rings. The molecule has 1 aliphatic carbocycles. The van der Waals surface area contributed by atoms with Gasteiger partial charge in [0.15, 0.2) is 0 Å². The summed E-state index contributed by atoms with van der Waals surface area (Å²) in [7, 11) is 2.14. The standard InChI is InChI=1S/C35H45N7O3/c1-24-8-6-9-25-10-7-11-30(31(24)25)40-17-15-28-29(23-40)37-33(44-21-20-39(5)26-12-13-26)38-32(28)41-18-19-42(27(22-41)14-16-36)34(43)45-35(2,3)4/h6-11,26-27H,12-15,17-23H2,1-5H3. The third-order valence-electron chi connectivity index (χ3n) is 9.04. The number of rotatable bonds is 8. The van der Waals surface area contributed by atoms with Crippen molar-refractivity contribution in [1.29, 1.82) is 5.26 Å². The first kappa shape index (κ1) is 30.9. The number of aromatic nitrogens is 2. The third kappa shape index (κ3) is 6.94. The minimum Gasteiger partial charge on any atom is -0.462 e. The van der Waals surface area contributed by atoms with Crippen molar-refractivity contribution in [3.05, 3.63) is 53.2 Å². The van der Waals surface area contributed by atoms with Gasteiger partial charge in [0.05, 0.1) is 30.8 Å². The summed E-state index contributed by atoms with van der Waals surface area (Å²) in [6.45, 7) is 12.1. The summed E-state index contributed by atoms with van der Waals surface area (Å²) in [5.74, 6) is 0.853. The molecule has 1 saturated heterocycles. The molecule has 1 aromatic heterocycles. The van der Waals surface area contributed by atoms with E-state index < -0.39 is 5.60 Å². The zero-order valence-electron chi connectivity index (χ0n) is 27.3. The first-order chi connectivity index (χ1) is 21.6. The Morgan fingerprint density at radius 3 is 2.60 bits per heavy atom. The Balaban J connectivity index is 1.29. The summed E-state index contributed by atoms with van der Waals surface area (Å²) in [6.07, 6.45) is 3.12. The number of likely N-dealkylation sites (N-methyl/N-ethyl adjacent to an activating group) is 1. The molecule has 1 saturated carbocycles. The molecule has 3 heterocycles. The van der Waals surface area contributed by atoms with Crippen molar-refractivity contribution in [3.8, 4) is 12.1 Å². The van der Waals surface area contributed by atoms with Gasteiger partial charge in [0.25, 0.3) is 0 Å². The van der Waals surface area contributed by atoms with Gasteiger partial charge >= 0.3 is 12.1 Å². The highest BCUT2D eigenvalue weighted by Crippen LogP contribution is 2.36. The fourth-order valence-corrected chi connectivity index (χ4v) is 6.56. The maximum atomic E-state index is 13.1. The van der Waals surface area contributed by atoms with Gasteiger partial charge in [-0.1, -0.05) is 30.3 Å². The van der Waals surface area contributed by atoms with Gasteiger partial charge in [0.1, 0.15) is 18.0 Å². The van der Waals surface area contributed by atoms with Crippen molar-refractivity contribution in [2.45, 2.75) is 77.6 Å². The van der Waals surface area contributed by atoms with E-state index in [1.54, 1.807) is 4.90 Å². The summed E-state index contributed by atoms with van der Waals surface area (Å²) in [5, 5.41) is 12.2. The highest BCUT2D eigenvalue weighted by atomic mass is 16.6. The maximum Gasteiger partial charge on any atom is 0.410 e. The molecule has 6 rings (SSSR count). The summed E-state index contributed by atoms with van der Waals surface area (Å²) in [5.41, 5.74) is 3.95. The molecule has 1 unspecified atom stereocenters. The molecule has 10 nitrogen and oxygen atoms in total. The number of nitrogens with zero attached hydrogens (tertiary/aromatic N) is 7. The number of anilines is 2. The smallest absolute Gasteiger partial charge is 0.410 e. The second-order valence-electron chi connectivity index (χ2n) is 13.6. The number of amides is 1. The van der Waals surface area contributed by atoms with E-state index in [2.05, 4.69) is 71.1 Å². The molecule has 1 amide bonds. The Kier molecular flexibility index (Phi) is 8.74. The summed E-state index contributed by atoms with van der Waals surface area (Å²) in [4.78, 5) is 31.7. The quantitative estimate of drug-likeness (QED) is 0.336. The number of carbonyl (C=O) groups excluding carboxylic acids is 1. The van der Waals surface area contributed by atoms with Crippen molar-refractivity contribution in [3.63, 3.8) is 0 Å². The van der Waals surface area contributed by atoms with Crippen LogP contribution in [0.1, 0.15) is 56.9 Å². The highest BCUT2D eigenvalue weighted by Gasteiger charge is 2.36. The van der Waals surface area contributed by atoms with E-state index in [4.69, 9.17) is 19.4 Å². The number of hydrogen-bond donors (Lipinski definition) is 0. The predicted octanol–water partition coefficient (Wildman–Crippen LogP) is 5.31. The van der Waals surface area contributed by atoms with Crippen molar-refractivity contribution in [2.24, 2.45) is 0 Å². The molecule has 0 bridgehead atoms. The minimum absolute atomic E-state index is 0.216. The van der Waals surface area contributed by atoms with Crippen LogP contribution < -0.4 is 14.5 Å². The fourth-order valence-electron chi connectivity index (χ4n) is 6.56. The molecule has 0 N–H and O–H groups in total. The van der Waals surface area contributed by atoms with Crippen LogP contribution in [0.3, 0.4) is 0 Å². The molecular weight excluding hydrogens is 566 g/mol. The Hall–Kier alpha value is -4.10. The number of fused-ring (bicyclic) bond motifs is 2. The molecule has 238 valence electrons. The van der Waals surface area contributed by atoms with E-state index in [0.29, 0.717) is 44.8 Å². The molecule has 1 atom stereocenters. The van der Waals surface area contributed by atoms with Gasteiger partial charge in [-0.05, 0) is 71.0 Å². The van der Waals surface area contributed by atoms with E-state index >= 15 is 0 Å². The fraction of sp³-hybridized carbons (Fsp3) is 0.543. The lowest BCUT2D eigenvalue weighted by Crippen LogP contribution is -2.56. The van der Waals surface area contributed by atoms with Gasteiger partial charge in [-0.25, -0.2) is 4.79 Å². The Morgan fingerprint density at radius 2 is 1.87 bits per heavy atom. The lowest BCUT2D eigenvalue weighted by molar-refractivity contribution is 0.0144. The molecule has 45 heavy (non-hydrogen) atoms. The number of nitriles is 1. The van der Waals surface area contributed by atoms with Crippen LogP contribution in [0.4, 0.5) is 16.3 Å². The number of ether oxygens (including phenoxy) is 2. The Labute approximate surface area is 266 Å². The van der Waals surface area contributed by atoms with E-state index in [9.17, 15) is 10.1 Å². The van der Waals surface area contributed by atoms with Crippen LogP contribution in [0.25, 0.3) is 10.8 Å². The molecule has 2 aliphatic heterocycles. The third-order valence-corrected chi connectivity index (χ3v) is 9.04. The van der Waals surface area contributed by atoms with Crippen LogP contribution in [0.2, 0.25) is 0 Å². The normalized spacial score (nSPS) is 18.6.